The summed E-state index contributed by atoms with van der Waals surface area (Å²) < 4.78 is 12.4. The molecule has 6 rings (SSSR count). The number of nitrogens with one attached hydrogen (secondary N) is 3. The number of para-hydroxylation sites is 1. The Bertz CT molecular complexity index is 1370. The molecule has 4 aromatic rings. The Labute approximate surface area is 204 Å². The second kappa shape index (κ2) is 9.21. The molecule has 0 bridgehead atoms. The summed E-state index contributed by atoms with van der Waals surface area (Å²) in [6, 6.07) is 22.2. The van der Waals surface area contributed by atoms with E-state index in [4.69, 9.17) is 9.47 Å². The molecule has 6 nitrogen and oxygen atoms in total. The Kier molecular flexibility index (Phi) is 5.76. The predicted molar refractivity (Wildman–Crippen MR) is 136 cm³/mol. The van der Waals surface area contributed by atoms with Crippen molar-refractivity contribution in [3.63, 3.8) is 0 Å². The molecular weight excluding hydrogens is 438 g/mol. The van der Waals surface area contributed by atoms with Crippen LogP contribution in [0.2, 0.25) is 0 Å². The average molecular weight is 468 g/mol. The van der Waals surface area contributed by atoms with Crippen LogP contribution in [0.25, 0.3) is 22.0 Å². The predicted octanol–water partition coefficient (Wildman–Crippen LogP) is 4.80. The maximum atomic E-state index is 12.9. The Morgan fingerprint density at radius 3 is 2.74 bits per heavy atom. The highest BCUT2D eigenvalue weighted by molar-refractivity contribution is 5.95. The number of rotatable bonds is 5. The number of hydrogen-bond acceptors (Lipinski definition) is 4. The Morgan fingerprint density at radius 1 is 0.971 bits per heavy atom. The highest BCUT2D eigenvalue weighted by Crippen LogP contribution is 2.38. The molecule has 2 aliphatic rings. The number of piperidine rings is 1. The zero-order chi connectivity index (χ0) is 23.7. The zero-order valence-electron chi connectivity index (χ0n) is 19.6. The first kappa shape index (κ1) is 21.9. The van der Waals surface area contributed by atoms with Gasteiger partial charge >= 0.3 is 0 Å². The van der Waals surface area contributed by atoms with E-state index >= 15 is 0 Å². The summed E-state index contributed by atoms with van der Waals surface area (Å²) in [5.74, 6) is 0.335. The van der Waals surface area contributed by atoms with Gasteiger partial charge < -0.3 is 25.1 Å². The van der Waals surface area contributed by atoms with Crippen LogP contribution in [0.15, 0.2) is 72.9 Å². The van der Waals surface area contributed by atoms with Crippen molar-refractivity contribution in [1.82, 2.24) is 15.6 Å². The molecule has 35 heavy (non-hydrogen) atoms. The van der Waals surface area contributed by atoms with Gasteiger partial charge in [0, 0.05) is 60.7 Å². The molecule has 3 heterocycles. The molecule has 1 amide bonds. The van der Waals surface area contributed by atoms with E-state index in [9.17, 15) is 4.79 Å². The fraction of sp³-hybridized carbons (Fsp3) is 0.276. The first-order valence-electron chi connectivity index (χ1n) is 12.3. The van der Waals surface area contributed by atoms with Crippen LogP contribution >= 0.6 is 0 Å². The lowest BCUT2D eigenvalue weighted by Crippen LogP contribution is -2.49. The molecule has 0 atom stereocenters. The van der Waals surface area contributed by atoms with Gasteiger partial charge in [-0.05, 0) is 53.4 Å². The molecule has 1 fully saturated rings. The van der Waals surface area contributed by atoms with Crippen molar-refractivity contribution in [2.75, 3.05) is 19.6 Å². The molecule has 1 saturated heterocycles. The van der Waals surface area contributed by atoms with Crippen LogP contribution in [0.1, 0.15) is 34.3 Å². The molecule has 2 aliphatic heterocycles. The number of H-pyrrole nitrogens is 1. The fourth-order valence-corrected chi connectivity index (χ4v) is 5.06. The lowest BCUT2D eigenvalue weighted by Gasteiger charge is -2.41. The molecule has 1 spiro atoms. The number of ether oxygens (including phenoxy) is 2. The number of fused-ring (bicyclic) bond motifs is 2. The van der Waals surface area contributed by atoms with E-state index in [2.05, 4.69) is 39.9 Å². The van der Waals surface area contributed by atoms with E-state index in [1.54, 1.807) is 0 Å². The summed E-state index contributed by atoms with van der Waals surface area (Å²) in [5.41, 5.74) is 6.07. The third-order valence-electron chi connectivity index (χ3n) is 7.03. The molecule has 0 radical (unpaired) electrons. The van der Waals surface area contributed by atoms with E-state index in [1.807, 2.05) is 48.7 Å². The van der Waals surface area contributed by atoms with Gasteiger partial charge in [-0.2, -0.15) is 0 Å². The van der Waals surface area contributed by atoms with Gasteiger partial charge in [0.2, 0.25) is 5.79 Å². The molecule has 6 heteroatoms. The third kappa shape index (κ3) is 4.43. The SMILES string of the molecule is O=C(NCCc1c[nH]c2ccccc12)c1cccc(-c2ccc3c(c2)COC2(CCNCC2)O3)c1. The van der Waals surface area contributed by atoms with Crippen molar-refractivity contribution in [3.8, 4) is 16.9 Å². The minimum absolute atomic E-state index is 0.0656. The molecule has 0 aliphatic carbocycles. The van der Waals surface area contributed by atoms with Gasteiger partial charge in [-0.25, -0.2) is 0 Å². The van der Waals surface area contributed by atoms with E-state index in [1.165, 1.54) is 10.9 Å². The molecule has 0 saturated carbocycles. The van der Waals surface area contributed by atoms with Crippen LogP contribution in [0.4, 0.5) is 0 Å². The van der Waals surface area contributed by atoms with E-state index in [0.717, 1.165) is 60.3 Å². The van der Waals surface area contributed by atoms with Gasteiger partial charge in [-0.15, -0.1) is 0 Å². The minimum atomic E-state index is -0.496. The fourth-order valence-electron chi connectivity index (χ4n) is 5.06. The zero-order valence-corrected chi connectivity index (χ0v) is 19.6. The Hall–Kier alpha value is -3.61. The van der Waals surface area contributed by atoms with Gasteiger partial charge in [-0.3, -0.25) is 4.79 Å². The number of amides is 1. The van der Waals surface area contributed by atoms with Crippen molar-refractivity contribution in [3.05, 3.63) is 89.6 Å². The Morgan fingerprint density at radius 2 is 1.83 bits per heavy atom. The van der Waals surface area contributed by atoms with Crippen LogP contribution in [0, 0.1) is 0 Å². The summed E-state index contributed by atoms with van der Waals surface area (Å²) in [5, 5.41) is 7.63. The van der Waals surface area contributed by atoms with E-state index < -0.39 is 5.79 Å². The largest absolute Gasteiger partial charge is 0.462 e. The second-order valence-corrected chi connectivity index (χ2v) is 9.32. The molecule has 3 N–H and O–H groups in total. The topological polar surface area (TPSA) is 75.4 Å². The highest BCUT2D eigenvalue weighted by atomic mass is 16.7. The maximum Gasteiger partial charge on any atom is 0.251 e. The van der Waals surface area contributed by atoms with Gasteiger partial charge in [0.15, 0.2) is 0 Å². The first-order chi connectivity index (χ1) is 17.2. The minimum Gasteiger partial charge on any atom is -0.462 e. The Balaban J connectivity index is 1.13. The second-order valence-electron chi connectivity index (χ2n) is 9.32. The summed E-state index contributed by atoms with van der Waals surface area (Å²) in [6.07, 6.45) is 4.50. The highest BCUT2D eigenvalue weighted by Gasteiger charge is 2.38. The quantitative estimate of drug-likeness (QED) is 0.394. The maximum absolute atomic E-state index is 12.9. The van der Waals surface area contributed by atoms with E-state index in [-0.39, 0.29) is 5.91 Å². The summed E-state index contributed by atoms with van der Waals surface area (Å²) >= 11 is 0. The number of aromatic amines is 1. The smallest absolute Gasteiger partial charge is 0.251 e. The molecular formula is C29H29N3O3. The summed E-state index contributed by atoms with van der Waals surface area (Å²) in [6.45, 7) is 2.93. The van der Waals surface area contributed by atoms with Crippen LogP contribution < -0.4 is 15.4 Å². The van der Waals surface area contributed by atoms with Crippen LogP contribution in [0.3, 0.4) is 0 Å². The van der Waals surface area contributed by atoms with Gasteiger partial charge in [-0.1, -0.05) is 36.4 Å². The number of carbonyl (C=O) groups is 1. The standard InChI is InChI=1S/C29H29N3O3/c33-28(31-13-10-23-18-32-26-7-2-1-6-25(23)26)22-5-3-4-20(16-22)21-8-9-27-24(17-21)19-34-29(35-27)11-14-30-15-12-29/h1-9,16-18,30,32H,10-15,19H2,(H,31,33). The summed E-state index contributed by atoms with van der Waals surface area (Å²) in [7, 11) is 0. The number of aromatic nitrogens is 1. The van der Waals surface area contributed by atoms with Crippen molar-refractivity contribution >= 4 is 16.8 Å². The van der Waals surface area contributed by atoms with Crippen LogP contribution in [0.5, 0.6) is 5.75 Å². The normalized spacial score (nSPS) is 16.6. The lowest BCUT2D eigenvalue weighted by molar-refractivity contribution is -0.218. The van der Waals surface area contributed by atoms with Crippen molar-refractivity contribution in [2.45, 2.75) is 31.7 Å². The van der Waals surface area contributed by atoms with Crippen molar-refractivity contribution < 1.29 is 14.3 Å². The number of benzene rings is 3. The van der Waals surface area contributed by atoms with Crippen molar-refractivity contribution in [2.24, 2.45) is 0 Å². The number of hydrogen-bond donors (Lipinski definition) is 3. The van der Waals surface area contributed by atoms with Gasteiger partial charge in [0.1, 0.15) is 5.75 Å². The molecule has 0 unspecified atom stereocenters. The van der Waals surface area contributed by atoms with E-state index in [0.29, 0.717) is 18.7 Å². The van der Waals surface area contributed by atoms with Crippen LogP contribution in [-0.2, 0) is 17.8 Å². The van der Waals surface area contributed by atoms with Gasteiger partial charge in [0.05, 0.1) is 6.61 Å². The molecule has 3 aromatic carbocycles. The van der Waals surface area contributed by atoms with Crippen molar-refractivity contribution in [1.29, 1.82) is 0 Å². The molecule has 1 aromatic heterocycles. The first-order valence-corrected chi connectivity index (χ1v) is 12.3. The lowest BCUT2D eigenvalue weighted by atomic mass is 9.98. The monoisotopic (exact) mass is 467 g/mol. The third-order valence-corrected chi connectivity index (χ3v) is 7.03. The average Bonchev–Trinajstić information content (AvgIpc) is 3.32. The number of carbonyl (C=O) groups excluding carboxylic acids is 1. The van der Waals surface area contributed by atoms with Gasteiger partial charge in [0.25, 0.3) is 5.91 Å². The summed E-state index contributed by atoms with van der Waals surface area (Å²) in [4.78, 5) is 16.1. The van der Waals surface area contributed by atoms with Crippen LogP contribution in [-0.4, -0.2) is 36.3 Å². The molecule has 178 valence electrons.